The molecule has 0 aliphatic carbocycles. The van der Waals surface area contributed by atoms with Crippen LogP contribution in [0.25, 0.3) is 9.40 Å². The van der Waals surface area contributed by atoms with E-state index in [1.54, 1.807) is 18.3 Å². The van der Waals surface area contributed by atoms with Gasteiger partial charge in [-0.15, -0.1) is 22.7 Å². The molecule has 0 saturated carbocycles. The van der Waals surface area contributed by atoms with Crippen molar-refractivity contribution in [3.05, 3.63) is 22.4 Å². The molecule has 1 atom stereocenters. The number of hydrogen-bond donors (Lipinski definition) is 2. The lowest BCUT2D eigenvalue weighted by Gasteiger charge is -2.10. The minimum atomic E-state index is -0.870. The second-order valence-electron chi connectivity index (χ2n) is 3.91. The van der Waals surface area contributed by atoms with Crippen LogP contribution in [0.1, 0.15) is 23.0 Å². The number of carbonyl (C=O) groups is 2. The maximum atomic E-state index is 11.9. The number of fused-ring (bicyclic) bond motifs is 1. The zero-order chi connectivity index (χ0) is 13.1. The van der Waals surface area contributed by atoms with Crippen LogP contribution >= 0.6 is 22.7 Å². The summed E-state index contributed by atoms with van der Waals surface area (Å²) in [6, 6.07) is 3.83. The first-order chi connectivity index (χ1) is 8.61. The van der Waals surface area contributed by atoms with E-state index in [9.17, 15) is 9.59 Å². The molecule has 1 amide bonds. The highest BCUT2D eigenvalue weighted by Gasteiger charge is 2.17. The van der Waals surface area contributed by atoms with Crippen LogP contribution in [-0.2, 0) is 4.79 Å². The predicted octanol–water partition coefficient (Wildman–Crippen LogP) is 2.80. The third-order valence-corrected chi connectivity index (χ3v) is 4.81. The quantitative estimate of drug-likeness (QED) is 0.886. The molecule has 96 valence electrons. The van der Waals surface area contributed by atoms with Crippen LogP contribution in [0.4, 0.5) is 0 Å². The first kappa shape index (κ1) is 13.0. The Morgan fingerprint density at radius 2 is 2.22 bits per heavy atom. The van der Waals surface area contributed by atoms with Crippen molar-refractivity contribution in [3.8, 4) is 0 Å². The fraction of sp³-hybridized carbons (Fsp3) is 0.333. The molecule has 0 aromatic carbocycles. The molecule has 0 saturated heterocycles. The van der Waals surface area contributed by atoms with E-state index in [0.29, 0.717) is 11.3 Å². The van der Waals surface area contributed by atoms with Crippen molar-refractivity contribution in [3.63, 3.8) is 0 Å². The number of amides is 1. The molecule has 6 heteroatoms. The average Bonchev–Trinajstić information content (AvgIpc) is 2.88. The van der Waals surface area contributed by atoms with E-state index in [0.717, 1.165) is 9.40 Å². The Hall–Kier alpha value is -1.40. The zero-order valence-corrected chi connectivity index (χ0v) is 11.4. The van der Waals surface area contributed by atoms with Crippen LogP contribution in [0.2, 0.25) is 0 Å². The molecule has 2 rings (SSSR count). The van der Waals surface area contributed by atoms with Crippen LogP contribution < -0.4 is 5.32 Å². The first-order valence-corrected chi connectivity index (χ1v) is 7.29. The van der Waals surface area contributed by atoms with Gasteiger partial charge in [0.25, 0.3) is 5.91 Å². The molecular weight excluding hydrogens is 270 g/mol. The molecule has 18 heavy (non-hydrogen) atoms. The number of thiophene rings is 2. The second-order valence-corrected chi connectivity index (χ2v) is 5.94. The van der Waals surface area contributed by atoms with Gasteiger partial charge in [-0.3, -0.25) is 9.59 Å². The van der Waals surface area contributed by atoms with Crippen molar-refractivity contribution < 1.29 is 14.7 Å². The van der Waals surface area contributed by atoms with Gasteiger partial charge in [0.15, 0.2) is 0 Å². The molecule has 2 N–H and O–H groups in total. The minimum Gasteiger partial charge on any atom is -0.481 e. The fourth-order valence-electron chi connectivity index (χ4n) is 1.59. The third-order valence-electron chi connectivity index (χ3n) is 2.71. The lowest BCUT2D eigenvalue weighted by atomic mass is 10.1. The van der Waals surface area contributed by atoms with E-state index >= 15 is 0 Å². The molecular formula is C12H13NO3S2. The number of carboxylic acids is 1. The maximum Gasteiger partial charge on any atom is 0.308 e. The van der Waals surface area contributed by atoms with E-state index in [4.69, 9.17) is 5.11 Å². The smallest absolute Gasteiger partial charge is 0.308 e. The van der Waals surface area contributed by atoms with Gasteiger partial charge in [-0.05, 0) is 23.9 Å². The minimum absolute atomic E-state index is 0.177. The van der Waals surface area contributed by atoms with Crippen molar-refractivity contribution in [1.29, 1.82) is 0 Å². The van der Waals surface area contributed by atoms with Crippen LogP contribution in [0.15, 0.2) is 17.5 Å². The van der Waals surface area contributed by atoms with Crippen LogP contribution in [0.3, 0.4) is 0 Å². The van der Waals surface area contributed by atoms with Crippen molar-refractivity contribution in [2.45, 2.75) is 13.3 Å². The molecule has 2 heterocycles. The van der Waals surface area contributed by atoms with E-state index in [1.807, 2.05) is 17.5 Å². The summed E-state index contributed by atoms with van der Waals surface area (Å²) in [7, 11) is 0. The highest BCUT2D eigenvalue weighted by atomic mass is 32.1. The van der Waals surface area contributed by atoms with E-state index in [2.05, 4.69) is 5.32 Å². The summed E-state index contributed by atoms with van der Waals surface area (Å²) in [6.45, 7) is 1.97. The van der Waals surface area contributed by atoms with E-state index in [-0.39, 0.29) is 12.5 Å². The lowest BCUT2D eigenvalue weighted by molar-refractivity contribution is -0.141. The standard InChI is InChI=1S/C12H13NO3S2/c1-2-7(12(15)16)6-13-11(14)10-5-9-8(18-10)3-4-17-9/h3-5,7H,2,6H2,1H3,(H,13,14)(H,15,16). The Kier molecular flexibility index (Phi) is 3.98. The topological polar surface area (TPSA) is 66.4 Å². The van der Waals surface area contributed by atoms with Gasteiger partial charge in [-0.1, -0.05) is 6.92 Å². The summed E-state index contributed by atoms with van der Waals surface area (Å²) in [4.78, 5) is 23.3. The van der Waals surface area contributed by atoms with Crippen LogP contribution in [-0.4, -0.2) is 23.5 Å². The summed E-state index contributed by atoms with van der Waals surface area (Å²) in [5.41, 5.74) is 0. The number of aliphatic carboxylic acids is 1. The van der Waals surface area contributed by atoms with Crippen LogP contribution in [0, 0.1) is 5.92 Å². The van der Waals surface area contributed by atoms with Gasteiger partial charge < -0.3 is 10.4 Å². The zero-order valence-electron chi connectivity index (χ0n) is 9.80. The maximum absolute atomic E-state index is 11.9. The molecule has 2 aromatic heterocycles. The first-order valence-electron chi connectivity index (χ1n) is 5.60. The average molecular weight is 283 g/mol. The molecule has 0 aliphatic heterocycles. The van der Waals surface area contributed by atoms with Gasteiger partial charge in [-0.25, -0.2) is 0 Å². The normalized spacial score (nSPS) is 12.5. The molecule has 0 aliphatic rings. The number of hydrogen-bond acceptors (Lipinski definition) is 4. The molecule has 2 aromatic rings. The van der Waals surface area contributed by atoms with E-state index in [1.165, 1.54) is 11.3 Å². The van der Waals surface area contributed by atoms with Gasteiger partial charge in [0.1, 0.15) is 0 Å². The summed E-state index contributed by atoms with van der Waals surface area (Å²) in [5.74, 6) is -1.58. The van der Waals surface area contributed by atoms with Crippen molar-refractivity contribution in [2.75, 3.05) is 6.54 Å². The van der Waals surface area contributed by atoms with Crippen molar-refractivity contribution in [2.24, 2.45) is 5.92 Å². The highest BCUT2D eigenvalue weighted by Crippen LogP contribution is 2.29. The summed E-state index contributed by atoms with van der Waals surface area (Å²) >= 11 is 3.03. The van der Waals surface area contributed by atoms with Crippen molar-refractivity contribution in [1.82, 2.24) is 5.32 Å². The van der Waals surface area contributed by atoms with Gasteiger partial charge in [-0.2, -0.15) is 0 Å². The van der Waals surface area contributed by atoms with Gasteiger partial charge in [0, 0.05) is 15.9 Å². The predicted molar refractivity (Wildman–Crippen MR) is 73.5 cm³/mol. The molecule has 1 unspecified atom stereocenters. The fourth-order valence-corrected chi connectivity index (χ4v) is 3.61. The van der Waals surface area contributed by atoms with E-state index < -0.39 is 11.9 Å². The monoisotopic (exact) mass is 283 g/mol. The Labute approximate surface area is 112 Å². The third kappa shape index (κ3) is 2.70. The van der Waals surface area contributed by atoms with Crippen molar-refractivity contribution >= 4 is 43.9 Å². The second kappa shape index (κ2) is 5.49. The molecule has 4 nitrogen and oxygen atoms in total. The van der Waals surface area contributed by atoms with Crippen LogP contribution in [0.5, 0.6) is 0 Å². The number of nitrogens with one attached hydrogen (secondary N) is 1. The molecule has 0 bridgehead atoms. The SMILES string of the molecule is CCC(CNC(=O)c1cc2sccc2s1)C(=O)O. The summed E-state index contributed by atoms with van der Waals surface area (Å²) < 4.78 is 2.19. The molecule has 0 radical (unpaired) electrons. The van der Waals surface area contributed by atoms with Gasteiger partial charge in [0.2, 0.25) is 0 Å². The summed E-state index contributed by atoms with van der Waals surface area (Å²) in [5, 5.41) is 13.6. The molecule has 0 spiro atoms. The number of rotatable bonds is 5. The Balaban J connectivity index is 2.00. The number of carboxylic acid groups (broad SMARTS) is 1. The summed E-state index contributed by atoms with van der Waals surface area (Å²) in [6.07, 6.45) is 0.509. The van der Waals surface area contributed by atoms with Gasteiger partial charge in [0.05, 0.1) is 10.8 Å². The molecule has 0 fully saturated rings. The van der Waals surface area contributed by atoms with Gasteiger partial charge >= 0.3 is 5.97 Å². The Morgan fingerprint density at radius 3 is 2.83 bits per heavy atom. The Morgan fingerprint density at radius 1 is 1.44 bits per heavy atom. The lowest BCUT2D eigenvalue weighted by Crippen LogP contribution is -2.32. The largest absolute Gasteiger partial charge is 0.481 e. The Bertz CT molecular complexity index is 544. The highest BCUT2D eigenvalue weighted by molar-refractivity contribution is 7.27. The number of carbonyl (C=O) groups excluding carboxylic acids is 1.